The Labute approximate surface area is 115 Å². The monoisotopic (exact) mass is 265 g/mol. The van der Waals surface area contributed by atoms with Crippen LogP contribution in [0.1, 0.15) is 21.5 Å². The normalized spacial score (nSPS) is 10.3. The fourth-order valence-electron chi connectivity index (χ4n) is 1.58. The molecule has 0 fully saturated rings. The molecule has 0 spiro atoms. The van der Waals surface area contributed by atoms with E-state index in [1.807, 2.05) is 18.2 Å². The van der Waals surface area contributed by atoms with Gasteiger partial charge in [-0.1, -0.05) is 18.2 Å². The number of rotatable bonds is 4. The van der Waals surface area contributed by atoms with Gasteiger partial charge in [-0.2, -0.15) is 15.5 Å². The van der Waals surface area contributed by atoms with Crippen molar-refractivity contribution in [3.8, 4) is 6.07 Å². The van der Waals surface area contributed by atoms with Gasteiger partial charge in [-0.15, -0.1) is 0 Å². The third kappa shape index (κ3) is 3.50. The molecule has 2 aromatic carbocycles. The number of carboxylic acids is 1. The molecule has 20 heavy (non-hydrogen) atoms. The number of nitrogens with zero attached hydrogens (tertiary/aromatic N) is 3. The first kappa shape index (κ1) is 13.4. The van der Waals surface area contributed by atoms with Crippen molar-refractivity contribution < 1.29 is 9.90 Å². The Morgan fingerprint density at radius 3 is 2.60 bits per heavy atom. The summed E-state index contributed by atoms with van der Waals surface area (Å²) in [4.78, 5) is 10.8. The number of carboxylic acid groups (broad SMARTS) is 1. The lowest BCUT2D eigenvalue weighted by Gasteiger charge is -1.97. The lowest BCUT2D eigenvalue weighted by molar-refractivity contribution is 0.0697. The summed E-state index contributed by atoms with van der Waals surface area (Å²) in [6.45, 7) is 0.378. The lowest BCUT2D eigenvalue weighted by Crippen LogP contribution is -1.94. The van der Waals surface area contributed by atoms with Crippen LogP contribution in [0, 0.1) is 11.3 Å². The molecule has 0 saturated heterocycles. The molecular weight excluding hydrogens is 254 g/mol. The highest BCUT2D eigenvalue weighted by Crippen LogP contribution is 2.15. The highest BCUT2D eigenvalue weighted by atomic mass is 16.4. The van der Waals surface area contributed by atoms with Crippen molar-refractivity contribution in [2.45, 2.75) is 6.54 Å². The van der Waals surface area contributed by atoms with Crippen molar-refractivity contribution in [3.63, 3.8) is 0 Å². The van der Waals surface area contributed by atoms with Crippen molar-refractivity contribution in [2.24, 2.45) is 10.2 Å². The van der Waals surface area contributed by atoms with E-state index in [4.69, 9.17) is 10.4 Å². The Morgan fingerprint density at radius 2 is 1.95 bits per heavy atom. The first-order chi connectivity index (χ1) is 9.69. The van der Waals surface area contributed by atoms with Crippen LogP contribution in [0.5, 0.6) is 0 Å². The number of carbonyl (C=O) groups is 1. The van der Waals surface area contributed by atoms with E-state index in [1.54, 1.807) is 24.3 Å². The molecule has 0 aliphatic rings. The predicted octanol–water partition coefficient (Wildman–Crippen LogP) is 3.54. The van der Waals surface area contributed by atoms with Crippen LogP contribution < -0.4 is 0 Å². The Balaban J connectivity index is 2.04. The van der Waals surface area contributed by atoms with Crippen LogP contribution in [0.4, 0.5) is 5.69 Å². The fraction of sp³-hybridized carbons (Fsp3) is 0.0667. The van der Waals surface area contributed by atoms with Gasteiger partial charge in [-0.3, -0.25) is 0 Å². The van der Waals surface area contributed by atoms with Crippen LogP contribution in [0.25, 0.3) is 0 Å². The summed E-state index contributed by atoms with van der Waals surface area (Å²) in [5.41, 5.74) is 2.21. The van der Waals surface area contributed by atoms with Crippen molar-refractivity contribution >= 4 is 11.7 Å². The van der Waals surface area contributed by atoms with Gasteiger partial charge in [0.2, 0.25) is 0 Å². The van der Waals surface area contributed by atoms with E-state index in [1.165, 1.54) is 12.1 Å². The molecule has 1 N–H and O–H groups in total. The zero-order chi connectivity index (χ0) is 14.4. The molecule has 0 aliphatic heterocycles. The van der Waals surface area contributed by atoms with Gasteiger partial charge in [0, 0.05) is 0 Å². The topological polar surface area (TPSA) is 85.8 Å². The maximum atomic E-state index is 10.8. The van der Waals surface area contributed by atoms with E-state index in [0.717, 1.165) is 5.56 Å². The van der Waals surface area contributed by atoms with Crippen molar-refractivity contribution in [1.29, 1.82) is 5.26 Å². The Morgan fingerprint density at radius 1 is 1.20 bits per heavy atom. The minimum absolute atomic E-state index is 0.180. The second-order valence-corrected chi connectivity index (χ2v) is 4.06. The summed E-state index contributed by atoms with van der Waals surface area (Å²) in [7, 11) is 0. The smallest absolute Gasteiger partial charge is 0.335 e. The Hall–Kier alpha value is -3.00. The average Bonchev–Trinajstić information content (AvgIpc) is 2.48. The van der Waals surface area contributed by atoms with Crippen LogP contribution in [0.3, 0.4) is 0 Å². The van der Waals surface area contributed by atoms with Gasteiger partial charge in [0.05, 0.1) is 29.4 Å². The minimum Gasteiger partial charge on any atom is -0.478 e. The number of azo groups is 1. The lowest BCUT2D eigenvalue weighted by atomic mass is 10.1. The summed E-state index contributed by atoms with van der Waals surface area (Å²) in [6, 6.07) is 15.4. The van der Waals surface area contributed by atoms with Crippen LogP contribution in [0.15, 0.2) is 58.8 Å². The van der Waals surface area contributed by atoms with Gasteiger partial charge in [-0.25, -0.2) is 4.79 Å². The van der Waals surface area contributed by atoms with Crippen LogP contribution in [-0.2, 0) is 6.54 Å². The standard InChI is InChI=1S/C15H11N3O2/c16-9-11-4-6-12(7-5-11)10-17-18-14-3-1-2-13(8-14)15(19)20/h1-8H,10H2,(H,19,20). The SMILES string of the molecule is N#Cc1ccc(CN=Nc2cccc(C(=O)O)c2)cc1. The van der Waals surface area contributed by atoms with Gasteiger partial charge >= 0.3 is 5.97 Å². The van der Waals surface area contributed by atoms with Gasteiger partial charge < -0.3 is 5.11 Å². The second-order valence-electron chi connectivity index (χ2n) is 4.06. The second kappa shape index (κ2) is 6.25. The van der Waals surface area contributed by atoms with E-state index in [9.17, 15) is 4.79 Å². The third-order valence-electron chi connectivity index (χ3n) is 2.62. The summed E-state index contributed by atoms with van der Waals surface area (Å²) in [5, 5.41) is 25.5. The zero-order valence-electron chi connectivity index (χ0n) is 10.5. The van der Waals surface area contributed by atoms with E-state index in [2.05, 4.69) is 10.2 Å². The van der Waals surface area contributed by atoms with Crippen molar-refractivity contribution in [2.75, 3.05) is 0 Å². The first-order valence-electron chi connectivity index (χ1n) is 5.89. The quantitative estimate of drug-likeness (QED) is 0.858. The summed E-state index contributed by atoms with van der Waals surface area (Å²) >= 11 is 0. The maximum Gasteiger partial charge on any atom is 0.335 e. The average molecular weight is 265 g/mol. The molecule has 0 heterocycles. The number of aromatic carboxylic acids is 1. The van der Waals surface area contributed by atoms with Crippen molar-refractivity contribution in [3.05, 3.63) is 65.2 Å². The van der Waals surface area contributed by atoms with E-state index in [0.29, 0.717) is 17.8 Å². The summed E-state index contributed by atoms with van der Waals surface area (Å²) < 4.78 is 0. The van der Waals surface area contributed by atoms with E-state index < -0.39 is 5.97 Å². The highest BCUT2D eigenvalue weighted by Gasteiger charge is 2.02. The molecular formula is C15H11N3O2. The minimum atomic E-state index is -0.992. The molecule has 0 aromatic heterocycles. The Kier molecular flexibility index (Phi) is 4.20. The van der Waals surface area contributed by atoms with Gasteiger partial charge in [0.25, 0.3) is 0 Å². The maximum absolute atomic E-state index is 10.8. The summed E-state index contributed by atoms with van der Waals surface area (Å²) in [5.74, 6) is -0.992. The number of benzene rings is 2. The zero-order valence-corrected chi connectivity index (χ0v) is 10.5. The predicted molar refractivity (Wildman–Crippen MR) is 72.8 cm³/mol. The van der Waals surface area contributed by atoms with Crippen LogP contribution in [0.2, 0.25) is 0 Å². The number of nitriles is 1. The highest BCUT2D eigenvalue weighted by molar-refractivity contribution is 5.88. The van der Waals surface area contributed by atoms with E-state index >= 15 is 0 Å². The first-order valence-corrected chi connectivity index (χ1v) is 5.89. The van der Waals surface area contributed by atoms with Gasteiger partial charge in [0.15, 0.2) is 0 Å². The van der Waals surface area contributed by atoms with Crippen LogP contribution >= 0.6 is 0 Å². The molecule has 5 heteroatoms. The third-order valence-corrected chi connectivity index (χ3v) is 2.62. The Bertz CT molecular complexity index is 685. The molecule has 0 unspecified atom stereocenters. The molecule has 0 aliphatic carbocycles. The molecule has 0 amide bonds. The van der Waals surface area contributed by atoms with Gasteiger partial charge in [0.1, 0.15) is 0 Å². The number of hydrogen-bond donors (Lipinski definition) is 1. The molecule has 0 radical (unpaired) electrons. The molecule has 0 atom stereocenters. The number of hydrogen-bond acceptors (Lipinski definition) is 4. The van der Waals surface area contributed by atoms with Crippen molar-refractivity contribution in [1.82, 2.24) is 0 Å². The molecule has 0 saturated carbocycles. The molecule has 98 valence electrons. The van der Waals surface area contributed by atoms with Crippen LogP contribution in [-0.4, -0.2) is 11.1 Å². The molecule has 0 bridgehead atoms. The fourth-order valence-corrected chi connectivity index (χ4v) is 1.58. The van der Waals surface area contributed by atoms with Gasteiger partial charge in [-0.05, 0) is 35.9 Å². The molecule has 5 nitrogen and oxygen atoms in total. The largest absolute Gasteiger partial charge is 0.478 e. The van der Waals surface area contributed by atoms with E-state index in [-0.39, 0.29) is 5.56 Å². The summed E-state index contributed by atoms with van der Waals surface area (Å²) in [6.07, 6.45) is 0. The molecule has 2 aromatic rings. The molecule has 2 rings (SSSR count).